The average molecular weight is 1120 g/mol. The first-order valence-electron chi connectivity index (χ1n) is 25.7. The van der Waals surface area contributed by atoms with Gasteiger partial charge in [-0.25, -0.2) is 9.59 Å². The summed E-state index contributed by atoms with van der Waals surface area (Å²) in [7, 11) is 3.46. The van der Waals surface area contributed by atoms with Crippen molar-refractivity contribution >= 4 is 49.7 Å². The summed E-state index contributed by atoms with van der Waals surface area (Å²) in [5.74, 6) is -1.82. The Morgan fingerprint density at radius 2 is 0.744 bits per heavy atom. The SMILES string of the molecule is CN[C@](C)(C(=O)N1CCOCC1)c1ccccc1.CN[C@](C)(C(=O)O)c1ccccc1.C[C@@](N)(C(=O)N1CCOCC1)c1ccccc1.C[C@@](N)(C(=O)O)c1ccccc1.C[C@@](N)(CN1CCOCC1)c1ccccc1.Cl.S. The number of ether oxygens (including phenoxy) is 3. The molecule has 0 aromatic heterocycles. The Bertz CT molecular complexity index is 2510. The first kappa shape index (κ1) is 68.4. The number of benzene rings is 5. The van der Waals surface area contributed by atoms with Crippen molar-refractivity contribution < 1.29 is 43.6 Å². The molecule has 19 heteroatoms. The van der Waals surface area contributed by atoms with Crippen LogP contribution in [0.5, 0.6) is 0 Å². The summed E-state index contributed by atoms with van der Waals surface area (Å²) >= 11 is 0. The maximum Gasteiger partial charge on any atom is 0.328 e. The molecule has 3 saturated heterocycles. The predicted molar refractivity (Wildman–Crippen MR) is 315 cm³/mol. The fraction of sp³-hybridized carbons (Fsp3) is 0.424. The van der Waals surface area contributed by atoms with Crippen LogP contribution in [0.2, 0.25) is 0 Å². The monoisotopic (exact) mass is 1120 g/mol. The molecule has 17 nitrogen and oxygen atoms in total. The molecule has 5 aromatic rings. The van der Waals surface area contributed by atoms with Crippen LogP contribution >= 0.6 is 25.9 Å². The number of amides is 2. The van der Waals surface area contributed by atoms with Crippen molar-refractivity contribution in [3.63, 3.8) is 0 Å². The van der Waals surface area contributed by atoms with E-state index in [1.165, 1.54) is 12.5 Å². The largest absolute Gasteiger partial charge is 0.480 e. The van der Waals surface area contributed by atoms with Gasteiger partial charge in [-0.2, -0.15) is 13.5 Å². The van der Waals surface area contributed by atoms with E-state index in [0.29, 0.717) is 58.2 Å². The number of carboxylic acid groups (broad SMARTS) is 2. The number of nitrogens with zero attached hydrogens (tertiary/aromatic N) is 3. The second-order valence-electron chi connectivity index (χ2n) is 19.7. The van der Waals surface area contributed by atoms with Crippen LogP contribution in [-0.2, 0) is 61.1 Å². The second kappa shape index (κ2) is 33.0. The third-order valence-electron chi connectivity index (χ3n) is 13.9. The minimum Gasteiger partial charge on any atom is -0.480 e. The van der Waals surface area contributed by atoms with Crippen LogP contribution in [0, 0.1) is 0 Å². The molecule has 8 rings (SSSR count). The van der Waals surface area contributed by atoms with Crippen LogP contribution in [0.4, 0.5) is 0 Å². The molecule has 0 radical (unpaired) electrons. The standard InChI is InChI=1S/C14H20N2O2.C13H18N2O2.C13H20N2O.C10H13NO2.C9H11NO2.ClH.H2S/c1-14(15-2,12-6-4-3-5-7-12)13(17)16-8-10-18-11-9-16;1-13(14,11-5-3-2-4-6-11)12(16)15-7-9-17-10-8-15;1-13(14,12-5-3-2-4-6-12)11-15-7-9-16-10-8-15;1-10(11-2,9(12)13)8-6-4-3-5-7-8;1-9(10,8(11)12)7-5-3-2-4-6-7;;/h3-7,15H,8-11H2,1-2H3;2-6H,7-10,14H2,1H3;2-6H,7-11,14H2,1H3;3-7,11H,1-2H3,(H,12,13);2-6H,10H2,1H3,(H,11,12);1H;1H2/t14-;2*13-;10-;9-;;/m00100../s1. The number of hydrogen-bond donors (Lipinski definition) is 7. The highest BCUT2D eigenvalue weighted by molar-refractivity contribution is 7.59. The molecular formula is C59H85ClN8O9S. The van der Waals surface area contributed by atoms with E-state index in [1.807, 2.05) is 122 Å². The van der Waals surface area contributed by atoms with Gasteiger partial charge in [0.1, 0.15) is 22.2 Å². The lowest BCUT2D eigenvalue weighted by Gasteiger charge is -2.36. The first-order chi connectivity index (χ1) is 36.1. The summed E-state index contributed by atoms with van der Waals surface area (Å²) in [6.07, 6.45) is 0. The van der Waals surface area contributed by atoms with E-state index in [-0.39, 0.29) is 43.3 Å². The van der Waals surface area contributed by atoms with Crippen LogP contribution in [0.1, 0.15) is 62.4 Å². The molecule has 3 heterocycles. The molecule has 0 unspecified atom stereocenters. The summed E-state index contributed by atoms with van der Waals surface area (Å²) in [6, 6.07) is 47.5. The molecule has 78 heavy (non-hydrogen) atoms. The fourth-order valence-electron chi connectivity index (χ4n) is 8.42. The predicted octanol–water partition coefficient (Wildman–Crippen LogP) is 5.58. The molecule has 0 saturated carbocycles. The van der Waals surface area contributed by atoms with Crippen molar-refractivity contribution in [2.75, 3.05) is 99.5 Å². The normalized spacial score (nSPS) is 18.0. The van der Waals surface area contributed by atoms with E-state index in [9.17, 15) is 19.2 Å². The zero-order chi connectivity index (χ0) is 55.8. The summed E-state index contributed by atoms with van der Waals surface area (Å²) in [5.41, 5.74) is 18.3. The quantitative estimate of drug-likeness (QED) is 0.0761. The number of likely N-dealkylation sites (N-methyl/N-ethyl adjacent to an activating group) is 2. The zero-order valence-electron chi connectivity index (χ0n) is 46.4. The number of carboxylic acids is 2. The fourth-order valence-corrected chi connectivity index (χ4v) is 8.42. The lowest BCUT2D eigenvalue weighted by Crippen LogP contribution is -2.55. The number of aliphatic carboxylic acids is 2. The van der Waals surface area contributed by atoms with Gasteiger partial charge in [-0.15, -0.1) is 12.4 Å². The van der Waals surface area contributed by atoms with Gasteiger partial charge in [-0.1, -0.05) is 152 Å². The number of hydrogen-bond acceptors (Lipinski definition) is 13. The van der Waals surface area contributed by atoms with Gasteiger partial charge in [0.15, 0.2) is 0 Å². The highest BCUT2D eigenvalue weighted by atomic mass is 35.5. The third kappa shape index (κ3) is 19.6. The molecule has 2 amide bonds. The van der Waals surface area contributed by atoms with E-state index in [2.05, 4.69) is 34.6 Å². The van der Waals surface area contributed by atoms with Crippen molar-refractivity contribution in [2.45, 2.75) is 62.3 Å². The van der Waals surface area contributed by atoms with Gasteiger partial charge in [0.25, 0.3) is 0 Å². The van der Waals surface area contributed by atoms with Gasteiger partial charge in [-0.05, 0) is 76.5 Å². The molecule has 3 fully saturated rings. The van der Waals surface area contributed by atoms with Crippen molar-refractivity contribution in [1.82, 2.24) is 25.3 Å². The van der Waals surface area contributed by atoms with Gasteiger partial charge in [0, 0.05) is 45.8 Å². The number of carbonyl (C=O) groups is 4. The molecular weight excluding hydrogens is 1030 g/mol. The molecule has 0 aliphatic carbocycles. The zero-order valence-corrected chi connectivity index (χ0v) is 48.2. The van der Waals surface area contributed by atoms with Crippen LogP contribution in [0.15, 0.2) is 152 Å². The third-order valence-corrected chi connectivity index (χ3v) is 13.9. The maximum atomic E-state index is 12.7. The summed E-state index contributed by atoms with van der Waals surface area (Å²) < 4.78 is 15.9. The highest BCUT2D eigenvalue weighted by Crippen LogP contribution is 2.25. The Morgan fingerprint density at radius 3 is 1.08 bits per heavy atom. The van der Waals surface area contributed by atoms with Gasteiger partial charge < -0.3 is 62.1 Å². The average Bonchev–Trinajstić information content (AvgIpc) is 3.46. The smallest absolute Gasteiger partial charge is 0.328 e. The van der Waals surface area contributed by atoms with Crippen molar-refractivity contribution in [3.05, 3.63) is 179 Å². The van der Waals surface area contributed by atoms with E-state index in [4.69, 9.17) is 41.6 Å². The molecule has 5 atom stereocenters. The topological polar surface area (TPSA) is 248 Å². The Balaban J connectivity index is 0.000000334. The van der Waals surface area contributed by atoms with Crippen LogP contribution < -0.4 is 27.8 Å². The van der Waals surface area contributed by atoms with E-state index in [1.54, 1.807) is 62.2 Å². The van der Waals surface area contributed by atoms with Crippen molar-refractivity contribution in [2.24, 2.45) is 17.2 Å². The number of halogens is 1. The Morgan fingerprint density at radius 1 is 0.449 bits per heavy atom. The van der Waals surface area contributed by atoms with Gasteiger partial charge >= 0.3 is 11.9 Å². The molecule has 428 valence electrons. The molecule has 0 spiro atoms. The van der Waals surface area contributed by atoms with Crippen LogP contribution in [0.3, 0.4) is 0 Å². The minimum absolute atomic E-state index is 0. The molecule has 3 aliphatic rings. The van der Waals surface area contributed by atoms with Gasteiger partial charge in [0.2, 0.25) is 11.8 Å². The van der Waals surface area contributed by atoms with Crippen LogP contribution in [0.25, 0.3) is 0 Å². The second-order valence-corrected chi connectivity index (χ2v) is 19.7. The Labute approximate surface area is 475 Å². The lowest BCUT2D eigenvalue weighted by atomic mass is 9.90. The Hall–Kier alpha value is -5.74. The van der Waals surface area contributed by atoms with Crippen molar-refractivity contribution in [1.29, 1.82) is 0 Å². The van der Waals surface area contributed by atoms with E-state index < -0.39 is 34.1 Å². The van der Waals surface area contributed by atoms with E-state index >= 15 is 0 Å². The summed E-state index contributed by atoms with van der Waals surface area (Å²) in [4.78, 5) is 52.7. The first-order valence-corrected chi connectivity index (χ1v) is 25.7. The van der Waals surface area contributed by atoms with Gasteiger partial charge in [-0.3, -0.25) is 14.5 Å². The minimum atomic E-state index is -1.29. The number of rotatable bonds is 13. The number of nitrogens with one attached hydrogen (secondary N) is 2. The number of morpholine rings is 3. The molecule has 10 N–H and O–H groups in total. The number of nitrogens with two attached hydrogens (primary N) is 3. The van der Waals surface area contributed by atoms with Crippen molar-refractivity contribution in [3.8, 4) is 0 Å². The van der Waals surface area contributed by atoms with E-state index in [0.717, 1.165) is 49.5 Å². The Kier molecular flexibility index (Phi) is 28.9. The molecule has 5 aromatic carbocycles. The summed E-state index contributed by atoms with van der Waals surface area (Å²) in [5, 5.41) is 23.7. The van der Waals surface area contributed by atoms with Crippen LogP contribution in [-0.4, -0.2) is 148 Å². The molecule has 3 aliphatic heterocycles. The maximum absolute atomic E-state index is 12.7. The summed E-state index contributed by atoms with van der Waals surface area (Å²) in [6.45, 7) is 18.4. The van der Waals surface area contributed by atoms with Gasteiger partial charge in [0.05, 0.1) is 45.2 Å². The highest BCUT2D eigenvalue weighted by Gasteiger charge is 2.38. The number of carbonyl (C=O) groups excluding carboxylic acids is 2. The lowest BCUT2D eigenvalue weighted by molar-refractivity contribution is -0.144. The molecule has 0 bridgehead atoms.